The topological polar surface area (TPSA) is 46.5 Å². The van der Waals surface area contributed by atoms with Gasteiger partial charge in [-0.05, 0) is 65.5 Å². The Morgan fingerprint density at radius 2 is 0.885 bits per heavy atom. The molecule has 1 aromatic rings. The molecule has 0 amide bonds. The number of unbranched alkanes of at least 4 members (excludes halogenated alkanes) is 30. The zero-order valence-corrected chi connectivity index (χ0v) is 43.8. The van der Waals surface area contributed by atoms with E-state index >= 15 is 0 Å². The molecule has 0 aliphatic heterocycles. The molecule has 1 N–H and O–H groups in total. The summed E-state index contributed by atoms with van der Waals surface area (Å²) in [6, 6.07) is 2.28. The first-order chi connectivity index (χ1) is 29.7. The van der Waals surface area contributed by atoms with E-state index in [9.17, 15) is 9.90 Å². The second kappa shape index (κ2) is 39.5. The Morgan fingerprint density at radius 1 is 0.525 bits per heavy atom. The summed E-state index contributed by atoms with van der Waals surface area (Å²) in [6.07, 6.45) is 47.3. The highest BCUT2D eigenvalue weighted by molar-refractivity contribution is 7.99. The SMILES string of the molecule is CCCCCCCCCCCCCCCCCCSOC(=O)C(CCC)C(SCCCCCCCCCCCCCCCCCC)c1cc(C(C)(C)C)c(O)c(CC)c1CC. The van der Waals surface area contributed by atoms with Crippen molar-refractivity contribution in [3.63, 3.8) is 0 Å². The monoisotopic (exact) mass is 889 g/mol. The molecule has 2 atom stereocenters. The molecular formula is C56H104O3S2. The Hall–Kier alpha value is -0.810. The standard InChI is InChI=1S/C56H104O3S2/c1-9-14-16-18-20-22-24-26-28-30-32-34-36-38-40-42-45-60-54(51-47-52(56(6,7)8)53(57)49(13-5)48(51)12-4)50(44-11-3)55(58)59-61-46-43-41-39-37-35-33-31-29-27-25-23-21-19-17-15-10-2/h47,50,54,57H,9-46H2,1-8H3. The number of phenols is 1. The van der Waals surface area contributed by atoms with Crippen LogP contribution in [-0.2, 0) is 27.2 Å². The summed E-state index contributed by atoms with van der Waals surface area (Å²) >= 11 is 3.38. The second-order valence-corrected chi connectivity index (χ2v) is 21.9. The average molecular weight is 890 g/mol. The van der Waals surface area contributed by atoms with Gasteiger partial charge in [-0.15, -0.1) is 0 Å². The molecule has 0 saturated heterocycles. The van der Waals surface area contributed by atoms with Crippen molar-refractivity contribution in [2.75, 3.05) is 11.5 Å². The van der Waals surface area contributed by atoms with Crippen molar-refractivity contribution >= 4 is 29.8 Å². The van der Waals surface area contributed by atoms with Gasteiger partial charge in [0, 0.05) is 11.0 Å². The first-order valence-corrected chi connectivity index (χ1v) is 29.0. The molecule has 5 heteroatoms. The molecule has 0 spiro atoms. The van der Waals surface area contributed by atoms with Crippen LogP contribution in [0.2, 0.25) is 0 Å². The number of hydrogen-bond donors (Lipinski definition) is 1. The zero-order valence-electron chi connectivity index (χ0n) is 42.2. The van der Waals surface area contributed by atoms with Crippen LogP contribution in [-0.4, -0.2) is 22.6 Å². The molecule has 0 aliphatic carbocycles. The van der Waals surface area contributed by atoms with Gasteiger partial charge >= 0.3 is 5.97 Å². The van der Waals surface area contributed by atoms with Crippen LogP contribution in [0.1, 0.15) is 301 Å². The summed E-state index contributed by atoms with van der Waals surface area (Å²) in [4.78, 5) is 14.1. The second-order valence-electron chi connectivity index (χ2n) is 19.8. The zero-order chi connectivity index (χ0) is 44.8. The third-order valence-corrected chi connectivity index (χ3v) is 15.4. The van der Waals surface area contributed by atoms with Crippen LogP contribution in [0, 0.1) is 5.92 Å². The van der Waals surface area contributed by atoms with Crippen molar-refractivity contribution < 1.29 is 14.1 Å². The maximum absolute atomic E-state index is 14.1. The summed E-state index contributed by atoms with van der Waals surface area (Å²) in [7, 11) is 0. The number of hydrogen-bond acceptors (Lipinski definition) is 5. The minimum atomic E-state index is -0.193. The normalized spacial score (nSPS) is 12.9. The van der Waals surface area contributed by atoms with Gasteiger partial charge in [-0.2, -0.15) is 11.8 Å². The summed E-state index contributed by atoms with van der Waals surface area (Å²) in [5, 5.41) is 11.6. The number of phenolic OH excluding ortho intramolecular Hbond substituents is 1. The lowest BCUT2D eigenvalue weighted by atomic mass is 9.79. The van der Waals surface area contributed by atoms with Crippen molar-refractivity contribution in [1.29, 1.82) is 0 Å². The molecule has 0 aliphatic rings. The summed E-state index contributed by atoms with van der Waals surface area (Å²) < 4.78 is 6.09. The number of carbonyl (C=O) groups excluding carboxylic acids is 1. The Morgan fingerprint density at radius 3 is 1.23 bits per heavy atom. The predicted octanol–water partition coefficient (Wildman–Crippen LogP) is 19.7. The van der Waals surface area contributed by atoms with E-state index in [2.05, 4.69) is 61.5 Å². The van der Waals surface area contributed by atoms with Crippen molar-refractivity contribution in [3.8, 4) is 5.75 Å². The highest BCUT2D eigenvalue weighted by atomic mass is 32.2. The van der Waals surface area contributed by atoms with Gasteiger partial charge in [0.2, 0.25) is 0 Å². The Kier molecular flexibility index (Phi) is 37.7. The van der Waals surface area contributed by atoms with Gasteiger partial charge in [0.25, 0.3) is 0 Å². The van der Waals surface area contributed by atoms with Crippen LogP contribution in [0.15, 0.2) is 6.07 Å². The number of rotatable bonds is 43. The van der Waals surface area contributed by atoms with Crippen molar-refractivity contribution in [1.82, 2.24) is 0 Å². The fourth-order valence-electron chi connectivity index (χ4n) is 9.27. The van der Waals surface area contributed by atoms with Gasteiger partial charge in [-0.25, -0.2) is 0 Å². The number of benzene rings is 1. The highest BCUT2D eigenvalue weighted by Crippen LogP contribution is 2.47. The highest BCUT2D eigenvalue weighted by Gasteiger charge is 2.35. The van der Waals surface area contributed by atoms with E-state index in [1.54, 1.807) is 0 Å². The van der Waals surface area contributed by atoms with Gasteiger partial charge in [0.15, 0.2) is 0 Å². The van der Waals surface area contributed by atoms with E-state index in [1.165, 1.54) is 222 Å². The summed E-state index contributed by atoms with van der Waals surface area (Å²) in [5.74, 6) is 2.16. The fraction of sp³-hybridized carbons (Fsp3) is 0.875. The van der Waals surface area contributed by atoms with Crippen LogP contribution < -0.4 is 0 Å². The first-order valence-electron chi connectivity index (χ1n) is 27.0. The van der Waals surface area contributed by atoms with Crippen molar-refractivity contribution in [2.24, 2.45) is 5.92 Å². The van der Waals surface area contributed by atoms with Crippen LogP contribution in [0.5, 0.6) is 5.75 Å². The molecular weight excluding hydrogens is 785 g/mol. The smallest absolute Gasteiger partial charge is 0.322 e. The van der Waals surface area contributed by atoms with Gasteiger partial charge in [-0.1, -0.05) is 261 Å². The predicted molar refractivity (Wildman–Crippen MR) is 277 cm³/mol. The lowest BCUT2D eigenvalue weighted by Gasteiger charge is -2.31. The number of carbonyl (C=O) groups is 1. The van der Waals surface area contributed by atoms with Crippen LogP contribution >= 0.6 is 23.8 Å². The molecule has 0 bridgehead atoms. The quantitative estimate of drug-likeness (QED) is 0.0523. The average Bonchev–Trinajstić information content (AvgIpc) is 3.24. The van der Waals surface area contributed by atoms with Crippen molar-refractivity contribution in [3.05, 3.63) is 28.3 Å². The fourth-order valence-corrected chi connectivity index (χ4v) is 11.4. The minimum absolute atomic E-state index is 0.0295. The maximum Gasteiger partial charge on any atom is 0.322 e. The van der Waals surface area contributed by atoms with Gasteiger partial charge in [0.1, 0.15) is 5.75 Å². The van der Waals surface area contributed by atoms with E-state index in [-0.39, 0.29) is 22.6 Å². The van der Waals surface area contributed by atoms with Crippen LogP contribution in [0.25, 0.3) is 0 Å². The van der Waals surface area contributed by atoms with Gasteiger partial charge in [0.05, 0.1) is 18.0 Å². The molecule has 61 heavy (non-hydrogen) atoms. The third kappa shape index (κ3) is 28.0. The van der Waals surface area contributed by atoms with Crippen LogP contribution in [0.3, 0.4) is 0 Å². The number of thioether (sulfide) groups is 1. The summed E-state index contributed by atoms with van der Waals surface area (Å²) in [5.41, 5.74) is 4.39. The largest absolute Gasteiger partial charge is 0.507 e. The van der Waals surface area contributed by atoms with E-state index in [0.717, 1.165) is 54.7 Å². The molecule has 1 rings (SSSR count). The molecule has 0 saturated carbocycles. The van der Waals surface area contributed by atoms with E-state index < -0.39 is 0 Å². The molecule has 0 fully saturated rings. The van der Waals surface area contributed by atoms with Gasteiger partial charge < -0.3 is 9.29 Å². The van der Waals surface area contributed by atoms with E-state index in [0.29, 0.717) is 5.75 Å². The summed E-state index contributed by atoms with van der Waals surface area (Å²) in [6.45, 7) is 17.8. The van der Waals surface area contributed by atoms with E-state index in [4.69, 9.17) is 4.18 Å². The van der Waals surface area contributed by atoms with E-state index in [1.807, 2.05) is 11.8 Å². The lowest BCUT2D eigenvalue weighted by Crippen LogP contribution is -2.24. The molecule has 0 heterocycles. The minimum Gasteiger partial charge on any atom is -0.507 e. The molecule has 2 unspecified atom stereocenters. The molecule has 3 nitrogen and oxygen atoms in total. The van der Waals surface area contributed by atoms with Crippen LogP contribution in [0.4, 0.5) is 0 Å². The lowest BCUT2D eigenvalue weighted by molar-refractivity contribution is -0.137. The number of aromatic hydroxyl groups is 1. The third-order valence-electron chi connectivity index (χ3n) is 13.2. The van der Waals surface area contributed by atoms with Crippen molar-refractivity contribution in [2.45, 2.75) is 297 Å². The molecule has 0 aromatic heterocycles. The molecule has 1 aromatic carbocycles. The first kappa shape index (κ1) is 58.2. The molecule has 358 valence electrons. The Bertz CT molecular complexity index is 1160. The Balaban J connectivity index is 2.65. The molecule has 0 radical (unpaired) electrons. The maximum atomic E-state index is 14.1. The van der Waals surface area contributed by atoms with Gasteiger partial charge in [-0.3, -0.25) is 4.79 Å². The Labute approximate surface area is 390 Å².